The number of hydrogen-bond acceptors (Lipinski definition) is 2. The minimum absolute atomic E-state index is 0.0204. The minimum atomic E-state index is -4.50. The van der Waals surface area contributed by atoms with Crippen LogP contribution in [-0.4, -0.2) is 29.3 Å². The molecule has 0 aliphatic carbocycles. The van der Waals surface area contributed by atoms with Gasteiger partial charge in [-0.3, -0.25) is 4.90 Å². The smallest absolute Gasteiger partial charge is 0.401 e. The minimum Gasteiger partial charge on any atom is -0.508 e. The number of phenols is 1. The molecule has 0 fully saturated rings. The Bertz CT molecular complexity index is 780. The molecule has 7 heteroatoms. The van der Waals surface area contributed by atoms with Crippen LogP contribution in [0.1, 0.15) is 28.3 Å². The van der Waals surface area contributed by atoms with Crippen molar-refractivity contribution < 1.29 is 27.1 Å². The third-order valence-corrected chi connectivity index (χ3v) is 4.33. The Morgan fingerprint density at radius 1 is 1.12 bits per heavy atom. The van der Waals surface area contributed by atoms with Gasteiger partial charge < -0.3 is 5.11 Å². The lowest BCUT2D eigenvalue weighted by Crippen LogP contribution is -2.42. The fraction of sp³-hybridized carbons (Fsp3) is 0.333. The van der Waals surface area contributed by atoms with Crippen molar-refractivity contribution in [1.29, 1.82) is 0 Å². The van der Waals surface area contributed by atoms with Crippen molar-refractivity contribution in [1.82, 2.24) is 4.90 Å². The van der Waals surface area contributed by atoms with Crippen LogP contribution in [0.2, 0.25) is 0 Å². The van der Waals surface area contributed by atoms with Gasteiger partial charge in [0.1, 0.15) is 17.4 Å². The van der Waals surface area contributed by atoms with Crippen molar-refractivity contribution in [3.05, 3.63) is 64.2 Å². The highest BCUT2D eigenvalue weighted by Crippen LogP contribution is 2.40. The van der Waals surface area contributed by atoms with Crippen LogP contribution in [-0.2, 0) is 6.42 Å². The molecule has 0 saturated heterocycles. The SMILES string of the molecule is Cc1cc(F)c(C2c3ccc(O)cc3CCN2CC(F)(F)F)c(F)c1. The number of phenolic OH excluding ortho intramolecular Hbond substituents is 1. The molecule has 2 aromatic rings. The Kier molecular flexibility index (Phi) is 4.45. The van der Waals surface area contributed by atoms with Gasteiger partial charge in [-0.2, -0.15) is 13.2 Å². The molecule has 0 radical (unpaired) electrons. The maximum Gasteiger partial charge on any atom is 0.401 e. The molecule has 2 nitrogen and oxygen atoms in total. The summed E-state index contributed by atoms with van der Waals surface area (Å²) in [6.07, 6.45) is -4.24. The summed E-state index contributed by atoms with van der Waals surface area (Å²) in [5, 5.41) is 9.60. The zero-order valence-electron chi connectivity index (χ0n) is 13.4. The summed E-state index contributed by atoms with van der Waals surface area (Å²) in [6, 6.07) is 5.19. The van der Waals surface area contributed by atoms with Gasteiger partial charge in [-0.15, -0.1) is 0 Å². The predicted octanol–water partition coefficient (Wildman–Crippen LogP) is 4.49. The number of aromatic hydroxyl groups is 1. The molecule has 1 aliphatic heterocycles. The molecule has 0 amide bonds. The number of benzene rings is 2. The summed E-state index contributed by atoms with van der Waals surface area (Å²) in [4.78, 5) is 1.02. The number of aryl methyl sites for hydroxylation is 1. The predicted molar refractivity (Wildman–Crippen MR) is 82.4 cm³/mol. The Hall–Kier alpha value is -2.15. The fourth-order valence-electron chi connectivity index (χ4n) is 3.38. The third kappa shape index (κ3) is 3.61. The van der Waals surface area contributed by atoms with Gasteiger partial charge in [0.05, 0.1) is 12.6 Å². The second-order valence-electron chi connectivity index (χ2n) is 6.26. The standard InChI is InChI=1S/C18H16F5NO/c1-10-6-14(19)16(15(20)7-10)17-13-3-2-12(25)8-11(13)4-5-24(17)9-18(21,22)23/h2-3,6-8,17,25H,4-5,9H2,1H3. The van der Waals surface area contributed by atoms with Crippen LogP contribution >= 0.6 is 0 Å². The Morgan fingerprint density at radius 2 is 1.76 bits per heavy atom. The number of nitrogens with zero attached hydrogens (tertiary/aromatic N) is 1. The van der Waals surface area contributed by atoms with Crippen LogP contribution in [0, 0.1) is 18.6 Å². The van der Waals surface area contributed by atoms with Crippen LogP contribution in [0.3, 0.4) is 0 Å². The molecule has 0 saturated carbocycles. The summed E-state index contributed by atoms with van der Waals surface area (Å²) < 4.78 is 67.9. The monoisotopic (exact) mass is 357 g/mol. The molecule has 0 bridgehead atoms. The molecule has 1 heterocycles. The summed E-state index contributed by atoms with van der Waals surface area (Å²) in [6.45, 7) is 0.217. The van der Waals surface area contributed by atoms with Gasteiger partial charge in [-0.05, 0) is 54.3 Å². The van der Waals surface area contributed by atoms with Crippen LogP contribution in [0.4, 0.5) is 22.0 Å². The molecule has 1 N–H and O–H groups in total. The van der Waals surface area contributed by atoms with E-state index in [1.165, 1.54) is 25.1 Å². The van der Waals surface area contributed by atoms with E-state index in [1.54, 1.807) is 0 Å². The first-order valence-corrected chi connectivity index (χ1v) is 7.74. The quantitative estimate of drug-likeness (QED) is 0.801. The fourth-order valence-corrected chi connectivity index (χ4v) is 3.38. The van der Waals surface area contributed by atoms with Crippen molar-refractivity contribution in [2.24, 2.45) is 0 Å². The molecule has 134 valence electrons. The maximum atomic E-state index is 14.5. The lowest BCUT2D eigenvalue weighted by Gasteiger charge is -2.38. The summed E-state index contributed by atoms with van der Waals surface area (Å²) in [5.74, 6) is -1.79. The summed E-state index contributed by atoms with van der Waals surface area (Å²) >= 11 is 0. The molecule has 1 atom stereocenters. The first-order valence-electron chi connectivity index (χ1n) is 7.74. The zero-order valence-corrected chi connectivity index (χ0v) is 13.4. The maximum absolute atomic E-state index is 14.5. The van der Waals surface area contributed by atoms with Gasteiger partial charge in [0, 0.05) is 12.1 Å². The van der Waals surface area contributed by atoms with E-state index in [1.807, 2.05) is 0 Å². The number of rotatable bonds is 2. The summed E-state index contributed by atoms with van der Waals surface area (Å²) in [7, 11) is 0. The summed E-state index contributed by atoms with van der Waals surface area (Å²) in [5.41, 5.74) is 0.905. The van der Waals surface area contributed by atoms with Crippen molar-refractivity contribution in [2.75, 3.05) is 13.1 Å². The zero-order chi connectivity index (χ0) is 18.4. The molecule has 2 aromatic carbocycles. The van der Waals surface area contributed by atoms with Crippen molar-refractivity contribution in [3.63, 3.8) is 0 Å². The Balaban J connectivity index is 2.17. The van der Waals surface area contributed by atoms with E-state index in [9.17, 15) is 27.1 Å². The van der Waals surface area contributed by atoms with E-state index in [-0.39, 0.29) is 18.7 Å². The molecule has 1 unspecified atom stereocenters. The van der Waals surface area contributed by atoms with Crippen LogP contribution < -0.4 is 0 Å². The molecule has 1 aliphatic rings. The first kappa shape index (κ1) is 17.7. The van der Waals surface area contributed by atoms with Crippen molar-refractivity contribution >= 4 is 0 Å². The molecule has 3 rings (SSSR count). The number of fused-ring (bicyclic) bond motifs is 1. The second-order valence-corrected chi connectivity index (χ2v) is 6.26. The van der Waals surface area contributed by atoms with Crippen LogP contribution in [0.5, 0.6) is 5.75 Å². The Labute approximate surface area is 141 Å². The topological polar surface area (TPSA) is 23.5 Å². The third-order valence-electron chi connectivity index (χ3n) is 4.33. The van der Waals surface area contributed by atoms with Crippen LogP contribution in [0.25, 0.3) is 0 Å². The van der Waals surface area contributed by atoms with Gasteiger partial charge in [-0.1, -0.05) is 6.07 Å². The van der Waals surface area contributed by atoms with Crippen molar-refractivity contribution in [3.8, 4) is 5.75 Å². The van der Waals surface area contributed by atoms with Gasteiger partial charge >= 0.3 is 6.18 Å². The lowest BCUT2D eigenvalue weighted by molar-refractivity contribution is -0.150. The lowest BCUT2D eigenvalue weighted by atomic mass is 9.87. The van der Waals surface area contributed by atoms with E-state index in [0.717, 1.165) is 17.0 Å². The molecule has 25 heavy (non-hydrogen) atoms. The first-order chi connectivity index (χ1) is 11.7. The van der Waals surface area contributed by atoms with E-state index >= 15 is 0 Å². The highest BCUT2D eigenvalue weighted by molar-refractivity contribution is 5.44. The van der Waals surface area contributed by atoms with E-state index in [4.69, 9.17) is 0 Å². The number of alkyl halides is 3. The Morgan fingerprint density at radius 3 is 2.36 bits per heavy atom. The molecular formula is C18H16F5NO. The number of halogens is 5. The highest BCUT2D eigenvalue weighted by Gasteiger charge is 2.39. The largest absolute Gasteiger partial charge is 0.508 e. The van der Waals surface area contributed by atoms with Gasteiger partial charge in [-0.25, -0.2) is 8.78 Å². The van der Waals surface area contributed by atoms with E-state index < -0.39 is 36.0 Å². The van der Waals surface area contributed by atoms with Crippen LogP contribution in [0.15, 0.2) is 30.3 Å². The van der Waals surface area contributed by atoms with E-state index in [0.29, 0.717) is 16.7 Å². The van der Waals surface area contributed by atoms with Gasteiger partial charge in [0.25, 0.3) is 0 Å². The molecule has 0 aromatic heterocycles. The van der Waals surface area contributed by atoms with Crippen molar-refractivity contribution in [2.45, 2.75) is 25.6 Å². The van der Waals surface area contributed by atoms with Gasteiger partial charge in [0.15, 0.2) is 0 Å². The molecule has 0 spiro atoms. The average Bonchev–Trinajstić information content (AvgIpc) is 2.46. The normalized spacial score (nSPS) is 18.2. The van der Waals surface area contributed by atoms with E-state index in [2.05, 4.69) is 0 Å². The molecular weight excluding hydrogens is 341 g/mol. The average molecular weight is 357 g/mol. The van der Waals surface area contributed by atoms with Gasteiger partial charge in [0.2, 0.25) is 0 Å². The number of hydrogen-bond donors (Lipinski definition) is 1. The highest BCUT2D eigenvalue weighted by atomic mass is 19.4. The second kappa shape index (κ2) is 6.29.